The van der Waals surface area contributed by atoms with E-state index in [0.717, 1.165) is 29.3 Å². The fourth-order valence-electron chi connectivity index (χ4n) is 4.31. The monoisotopic (exact) mass is 403 g/mol. The molecule has 3 atom stereocenters. The molecule has 1 N–H and O–H groups in total. The number of hydrogen-bond acceptors (Lipinski definition) is 8. The van der Waals surface area contributed by atoms with Gasteiger partial charge in [0.25, 0.3) is 5.91 Å². The summed E-state index contributed by atoms with van der Waals surface area (Å²) in [7, 11) is 4.49. The topological polar surface area (TPSA) is 94.7 Å². The van der Waals surface area contributed by atoms with Crippen LogP contribution in [0.3, 0.4) is 0 Å². The Hall–Kier alpha value is -2.85. The number of hydrogen-bond donors (Lipinski definition) is 1. The molecule has 1 aromatic carbocycles. The molecular formula is C19H25N5O5. The van der Waals surface area contributed by atoms with E-state index in [0.29, 0.717) is 6.54 Å². The lowest BCUT2D eigenvalue weighted by atomic mass is 10.1. The van der Waals surface area contributed by atoms with Gasteiger partial charge < -0.3 is 19.3 Å². The summed E-state index contributed by atoms with van der Waals surface area (Å²) in [6.45, 7) is 1.12. The number of methoxy groups -OCH3 is 2. The molecule has 0 aromatic heterocycles. The van der Waals surface area contributed by atoms with Crippen molar-refractivity contribution in [2.45, 2.75) is 24.9 Å². The lowest BCUT2D eigenvalue weighted by Crippen LogP contribution is -2.67. The van der Waals surface area contributed by atoms with Crippen molar-refractivity contribution in [3.63, 3.8) is 0 Å². The Morgan fingerprint density at radius 2 is 2.03 bits per heavy atom. The second kappa shape index (κ2) is 7.53. The SMILES string of the molecule is COC(=O)CN1C(=O)C2C(NC3N(c4cccc(OC)c4)CCCN23)N(C)C1=O. The number of carbonyl (C=O) groups excluding carboxylic acids is 3. The van der Waals surface area contributed by atoms with Gasteiger partial charge in [0.2, 0.25) is 0 Å². The molecular weight excluding hydrogens is 378 g/mol. The van der Waals surface area contributed by atoms with E-state index in [1.54, 1.807) is 14.2 Å². The second-order valence-electron chi connectivity index (χ2n) is 7.31. The zero-order valence-electron chi connectivity index (χ0n) is 16.7. The van der Waals surface area contributed by atoms with Gasteiger partial charge in [-0.25, -0.2) is 4.79 Å². The van der Waals surface area contributed by atoms with Gasteiger partial charge in [-0.1, -0.05) is 6.07 Å². The number of anilines is 1. The first-order chi connectivity index (χ1) is 14.0. The first-order valence-electron chi connectivity index (χ1n) is 9.53. The Morgan fingerprint density at radius 1 is 1.24 bits per heavy atom. The minimum Gasteiger partial charge on any atom is -0.497 e. The van der Waals surface area contributed by atoms with Crippen LogP contribution >= 0.6 is 0 Å². The van der Waals surface area contributed by atoms with E-state index in [4.69, 9.17) is 4.74 Å². The van der Waals surface area contributed by atoms with E-state index in [1.165, 1.54) is 12.0 Å². The summed E-state index contributed by atoms with van der Waals surface area (Å²) >= 11 is 0. The molecule has 3 amide bonds. The molecule has 0 saturated carbocycles. The lowest BCUT2D eigenvalue weighted by Gasteiger charge is -2.43. The summed E-state index contributed by atoms with van der Waals surface area (Å²) in [5, 5.41) is 3.43. The largest absolute Gasteiger partial charge is 0.497 e. The number of likely N-dealkylation sites (N-methyl/N-ethyl adjacent to an activating group) is 1. The van der Waals surface area contributed by atoms with Crippen LogP contribution in [0, 0.1) is 0 Å². The maximum absolute atomic E-state index is 13.2. The molecule has 0 spiro atoms. The number of nitrogens with zero attached hydrogens (tertiary/aromatic N) is 4. The zero-order chi connectivity index (χ0) is 20.7. The Bertz CT molecular complexity index is 833. The number of carbonyl (C=O) groups is 3. The lowest BCUT2D eigenvalue weighted by molar-refractivity contribution is -0.149. The highest BCUT2D eigenvalue weighted by Crippen LogP contribution is 2.33. The first kappa shape index (κ1) is 19.5. The van der Waals surface area contributed by atoms with Gasteiger partial charge in [-0.05, 0) is 18.6 Å². The summed E-state index contributed by atoms with van der Waals surface area (Å²) < 4.78 is 9.99. The van der Waals surface area contributed by atoms with Crippen LogP contribution in [0.5, 0.6) is 5.75 Å². The average Bonchev–Trinajstić information content (AvgIpc) is 3.15. The van der Waals surface area contributed by atoms with Crippen molar-refractivity contribution in [2.24, 2.45) is 0 Å². The third kappa shape index (κ3) is 3.18. The van der Waals surface area contributed by atoms with Crippen LogP contribution in [0.2, 0.25) is 0 Å². The van der Waals surface area contributed by atoms with E-state index in [2.05, 4.69) is 19.9 Å². The van der Waals surface area contributed by atoms with E-state index in [1.807, 2.05) is 24.3 Å². The summed E-state index contributed by atoms with van der Waals surface area (Å²) in [6.07, 6.45) is 0.142. The predicted octanol–water partition coefficient (Wildman–Crippen LogP) is -0.144. The van der Waals surface area contributed by atoms with E-state index >= 15 is 0 Å². The van der Waals surface area contributed by atoms with Gasteiger partial charge in [-0.15, -0.1) is 0 Å². The standard InChI is InChI=1S/C19H25N5O5/c1-21-16-15(17(26)24(19(21)27)11-14(25)29-3)23-9-5-8-22(18(23)20-16)12-6-4-7-13(10-12)28-2/h4,6-7,10,15-16,18,20H,5,8-9,11H2,1-3H3. The number of benzene rings is 1. The predicted molar refractivity (Wildman–Crippen MR) is 103 cm³/mol. The normalized spacial score (nSPS) is 27.0. The first-order valence-corrected chi connectivity index (χ1v) is 9.53. The summed E-state index contributed by atoms with van der Waals surface area (Å²) in [5.41, 5.74) is 0.970. The summed E-state index contributed by atoms with van der Waals surface area (Å²) in [5.74, 6) is -0.258. The number of fused-ring (bicyclic) bond motifs is 3. The molecule has 3 fully saturated rings. The van der Waals surface area contributed by atoms with Gasteiger partial charge in [0, 0.05) is 31.9 Å². The van der Waals surface area contributed by atoms with Crippen molar-refractivity contribution in [3.8, 4) is 5.75 Å². The number of amides is 3. The molecule has 3 unspecified atom stereocenters. The molecule has 10 heteroatoms. The number of urea groups is 1. The average molecular weight is 403 g/mol. The molecule has 0 aliphatic carbocycles. The molecule has 156 valence electrons. The highest BCUT2D eigenvalue weighted by Gasteiger charge is 2.56. The van der Waals surface area contributed by atoms with Gasteiger partial charge in [0.15, 0.2) is 0 Å². The van der Waals surface area contributed by atoms with Crippen LogP contribution in [0.25, 0.3) is 0 Å². The molecule has 1 aromatic rings. The van der Waals surface area contributed by atoms with Crippen molar-refractivity contribution in [2.75, 3.05) is 45.8 Å². The van der Waals surface area contributed by atoms with Crippen molar-refractivity contribution >= 4 is 23.6 Å². The molecule has 0 radical (unpaired) electrons. The minimum absolute atomic E-state index is 0.247. The molecule has 4 rings (SSSR count). The maximum Gasteiger partial charge on any atom is 0.328 e. The molecule has 3 heterocycles. The number of esters is 1. The van der Waals surface area contributed by atoms with E-state index in [9.17, 15) is 14.4 Å². The second-order valence-corrected chi connectivity index (χ2v) is 7.31. The van der Waals surface area contributed by atoms with Crippen molar-refractivity contribution in [3.05, 3.63) is 24.3 Å². The zero-order valence-corrected chi connectivity index (χ0v) is 16.7. The quantitative estimate of drug-likeness (QED) is 0.694. The van der Waals surface area contributed by atoms with Gasteiger partial charge >= 0.3 is 12.0 Å². The Kier molecular flexibility index (Phi) is 5.05. The molecule has 0 bridgehead atoms. The van der Waals surface area contributed by atoms with Gasteiger partial charge in [-0.2, -0.15) is 0 Å². The summed E-state index contributed by atoms with van der Waals surface area (Å²) in [6, 6.07) is 6.67. The Balaban J connectivity index is 1.63. The number of imide groups is 1. The number of rotatable bonds is 4. The summed E-state index contributed by atoms with van der Waals surface area (Å²) in [4.78, 5) is 44.3. The third-order valence-corrected chi connectivity index (χ3v) is 5.77. The van der Waals surface area contributed by atoms with Crippen LogP contribution < -0.4 is 15.0 Å². The Morgan fingerprint density at radius 3 is 2.76 bits per heavy atom. The Labute approximate surface area is 168 Å². The van der Waals surface area contributed by atoms with Crippen LogP contribution in [0.15, 0.2) is 24.3 Å². The van der Waals surface area contributed by atoms with Crippen LogP contribution in [-0.2, 0) is 14.3 Å². The van der Waals surface area contributed by atoms with Crippen molar-refractivity contribution in [1.82, 2.24) is 20.0 Å². The minimum atomic E-state index is -0.627. The van der Waals surface area contributed by atoms with Crippen LogP contribution in [-0.4, -0.2) is 92.0 Å². The maximum atomic E-state index is 13.2. The molecule has 3 aliphatic heterocycles. The van der Waals surface area contributed by atoms with Crippen LogP contribution in [0.4, 0.5) is 10.5 Å². The molecule has 10 nitrogen and oxygen atoms in total. The van der Waals surface area contributed by atoms with E-state index in [-0.39, 0.29) is 18.7 Å². The number of ether oxygens (including phenoxy) is 2. The molecule has 3 aliphatic rings. The van der Waals surface area contributed by atoms with Crippen molar-refractivity contribution < 1.29 is 23.9 Å². The fraction of sp³-hybridized carbons (Fsp3) is 0.526. The van der Waals surface area contributed by atoms with Crippen molar-refractivity contribution in [1.29, 1.82) is 0 Å². The highest BCUT2D eigenvalue weighted by molar-refractivity contribution is 6.02. The molecule has 29 heavy (non-hydrogen) atoms. The third-order valence-electron chi connectivity index (χ3n) is 5.77. The fourth-order valence-corrected chi connectivity index (χ4v) is 4.31. The van der Waals surface area contributed by atoms with Crippen LogP contribution in [0.1, 0.15) is 6.42 Å². The van der Waals surface area contributed by atoms with Gasteiger partial charge in [0.1, 0.15) is 30.8 Å². The number of nitrogens with one attached hydrogen (secondary N) is 1. The van der Waals surface area contributed by atoms with Gasteiger partial charge in [-0.3, -0.25) is 24.7 Å². The smallest absolute Gasteiger partial charge is 0.328 e. The van der Waals surface area contributed by atoms with E-state index < -0.39 is 24.2 Å². The highest BCUT2D eigenvalue weighted by atomic mass is 16.5. The molecule has 3 saturated heterocycles. The van der Waals surface area contributed by atoms with Gasteiger partial charge in [0.05, 0.1) is 14.2 Å².